The highest BCUT2D eigenvalue weighted by Gasteiger charge is 2.02. The van der Waals surface area contributed by atoms with Crippen LogP contribution >= 0.6 is 0 Å². The lowest BCUT2D eigenvalue weighted by molar-refractivity contribution is 0.0954. The van der Waals surface area contributed by atoms with Crippen LogP contribution in [0.4, 0.5) is 0 Å². The summed E-state index contributed by atoms with van der Waals surface area (Å²) in [6, 6.07) is 3.42. The third-order valence-electron chi connectivity index (χ3n) is 1.88. The molecule has 15 heavy (non-hydrogen) atoms. The quantitative estimate of drug-likeness (QED) is 0.603. The van der Waals surface area contributed by atoms with Gasteiger partial charge in [-0.25, -0.2) is 5.43 Å². The number of carbonyl (C=O) groups excluding carboxylic acids is 1. The molecule has 1 N–H and O–H groups in total. The number of nitrogens with zero attached hydrogens (tertiary/aromatic N) is 2. The predicted molar refractivity (Wildman–Crippen MR) is 59.7 cm³/mol. The van der Waals surface area contributed by atoms with Crippen LogP contribution in [-0.4, -0.2) is 16.6 Å². The van der Waals surface area contributed by atoms with Gasteiger partial charge in [-0.05, 0) is 25.5 Å². The molecule has 0 atom stereocenters. The minimum absolute atomic E-state index is 0.224. The molecule has 1 rings (SSSR count). The Bertz CT molecular complexity index is 346. The number of pyridine rings is 1. The Morgan fingerprint density at radius 3 is 3.00 bits per heavy atom. The molecule has 0 fully saturated rings. The minimum atomic E-state index is -0.224. The molecule has 0 aliphatic heterocycles. The van der Waals surface area contributed by atoms with Crippen molar-refractivity contribution >= 4 is 11.6 Å². The summed E-state index contributed by atoms with van der Waals surface area (Å²) in [6.45, 7) is 3.97. The van der Waals surface area contributed by atoms with Gasteiger partial charge >= 0.3 is 0 Å². The van der Waals surface area contributed by atoms with E-state index in [1.54, 1.807) is 18.3 Å². The van der Waals surface area contributed by atoms with Gasteiger partial charge in [0, 0.05) is 18.1 Å². The van der Waals surface area contributed by atoms with Crippen LogP contribution in [0.3, 0.4) is 0 Å². The second-order valence-electron chi connectivity index (χ2n) is 3.28. The normalized spacial score (nSPS) is 11.2. The van der Waals surface area contributed by atoms with Crippen molar-refractivity contribution in [2.45, 2.75) is 26.7 Å². The van der Waals surface area contributed by atoms with Gasteiger partial charge in [0.1, 0.15) is 0 Å². The van der Waals surface area contributed by atoms with Crippen LogP contribution in [0, 0.1) is 0 Å². The van der Waals surface area contributed by atoms with E-state index in [0.717, 1.165) is 18.6 Å². The second kappa shape index (κ2) is 5.90. The largest absolute Gasteiger partial charge is 0.272 e. The Hall–Kier alpha value is -1.71. The molecule has 1 aromatic heterocycles. The van der Waals surface area contributed by atoms with E-state index in [9.17, 15) is 4.79 Å². The molecule has 80 valence electrons. The van der Waals surface area contributed by atoms with Gasteiger partial charge in [0.25, 0.3) is 5.91 Å². The monoisotopic (exact) mass is 205 g/mol. The van der Waals surface area contributed by atoms with Gasteiger partial charge in [0.15, 0.2) is 0 Å². The lowest BCUT2D eigenvalue weighted by atomic mass is 10.2. The average molecular weight is 205 g/mol. The fourth-order valence-corrected chi connectivity index (χ4v) is 1.13. The van der Waals surface area contributed by atoms with Crippen molar-refractivity contribution in [3.63, 3.8) is 0 Å². The first-order valence-corrected chi connectivity index (χ1v) is 4.97. The first-order valence-electron chi connectivity index (χ1n) is 4.97. The molecule has 1 aromatic rings. The molecule has 0 bridgehead atoms. The van der Waals surface area contributed by atoms with E-state index in [0.29, 0.717) is 5.56 Å². The van der Waals surface area contributed by atoms with Crippen LogP contribution in [0.15, 0.2) is 29.6 Å². The van der Waals surface area contributed by atoms with Gasteiger partial charge in [-0.1, -0.05) is 13.3 Å². The highest BCUT2D eigenvalue weighted by Crippen LogP contribution is 1.95. The van der Waals surface area contributed by atoms with E-state index in [-0.39, 0.29) is 5.91 Å². The van der Waals surface area contributed by atoms with E-state index in [4.69, 9.17) is 0 Å². The van der Waals surface area contributed by atoms with Gasteiger partial charge in [0.2, 0.25) is 0 Å². The van der Waals surface area contributed by atoms with Crippen LogP contribution in [0.25, 0.3) is 0 Å². The lowest BCUT2D eigenvalue weighted by Crippen LogP contribution is -2.19. The summed E-state index contributed by atoms with van der Waals surface area (Å²) < 4.78 is 0. The number of hydrogen-bond acceptors (Lipinski definition) is 3. The van der Waals surface area contributed by atoms with Gasteiger partial charge in [0.05, 0.1) is 5.56 Å². The van der Waals surface area contributed by atoms with Crippen LogP contribution in [0.1, 0.15) is 37.0 Å². The molecule has 0 spiro atoms. The first-order chi connectivity index (χ1) is 7.24. The summed E-state index contributed by atoms with van der Waals surface area (Å²) in [6.07, 6.45) is 5.06. The number of rotatable bonds is 4. The minimum Gasteiger partial charge on any atom is -0.267 e. The molecule has 0 saturated carbocycles. The van der Waals surface area contributed by atoms with Crippen molar-refractivity contribution in [1.82, 2.24) is 10.4 Å². The number of aromatic nitrogens is 1. The predicted octanol–water partition coefficient (Wildman–Crippen LogP) is 1.99. The molecule has 1 heterocycles. The average Bonchev–Trinajstić information content (AvgIpc) is 2.27. The molecular weight excluding hydrogens is 190 g/mol. The highest BCUT2D eigenvalue weighted by molar-refractivity contribution is 5.94. The summed E-state index contributed by atoms with van der Waals surface area (Å²) in [4.78, 5) is 15.4. The van der Waals surface area contributed by atoms with E-state index < -0.39 is 0 Å². The summed E-state index contributed by atoms with van der Waals surface area (Å²) in [5, 5.41) is 3.98. The van der Waals surface area contributed by atoms with Crippen molar-refractivity contribution in [3.05, 3.63) is 30.1 Å². The summed E-state index contributed by atoms with van der Waals surface area (Å²) in [7, 11) is 0. The Morgan fingerprint density at radius 1 is 1.60 bits per heavy atom. The van der Waals surface area contributed by atoms with Crippen LogP contribution < -0.4 is 5.43 Å². The van der Waals surface area contributed by atoms with E-state index in [1.807, 2.05) is 6.92 Å². The Labute approximate surface area is 89.4 Å². The topological polar surface area (TPSA) is 54.4 Å². The lowest BCUT2D eigenvalue weighted by Gasteiger charge is -2.00. The molecule has 4 nitrogen and oxygen atoms in total. The summed E-state index contributed by atoms with van der Waals surface area (Å²) in [5.41, 5.74) is 3.94. The Kier molecular flexibility index (Phi) is 4.47. The zero-order valence-corrected chi connectivity index (χ0v) is 9.03. The van der Waals surface area contributed by atoms with Crippen LogP contribution in [-0.2, 0) is 0 Å². The number of amides is 1. The second-order valence-corrected chi connectivity index (χ2v) is 3.28. The first kappa shape index (κ1) is 11.4. The number of hydrazone groups is 1. The van der Waals surface area contributed by atoms with Crippen molar-refractivity contribution in [1.29, 1.82) is 0 Å². The zero-order valence-electron chi connectivity index (χ0n) is 9.03. The molecule has 0 aliphatic rings. The van der Waals surface area contributed by atoms with Crippen molar-refractivity contribution in [3.8, 4) is 0 Å². The van der Waals surface area contributed by atoms with Crippen LogP contribution in [0.5, 0.6) is 0 Å². The Morgan fingerprint density at radius 2 is 2.40 bits per heavy atom. The smallest absolute Gasteiger partial charge is 0.267 e. The maximum Gasteiger partial charge on any atom is 0.272 e. The SMILES string of the molecule is CCC/C(C)=N\NC(=O)c1cccnc1. The number of carbonyl (C=O) groups is 1. The zero-order chi connectivity index (χ0) is 11.1. The number of hydrogen-bond donors (Lipinski definition) is 1. The molecule has 4 heteroatoms. The third-order valence-corrected chi connectivity index (χ3v) is 1.88. The fourth-order valence-electron chi connectivity index (χ4n) is 1.13. The molecule has 0 aliphatic carbocycles. The maximum absolute atomic E-state index is 11.5. The van der Waals surface area contributed by atoms with Gasteiger partial charge in [-0.3, -0.25) is 9.78 Å². The maximum atomic E-state index is 11.5. The van der Waals surface area contributed by atoms with Crippen molar-refractivity contribution in [2.75, 3.05) is 0 Å². The van der Waals surface area contributed by atoms with Crippen molar-refractivity contribution in [2.24, 2.45) is 5.10 Å². The highest BCUT2D eigenvalue weighted by atomic mass is 16.2. The van der Waals surface area contributed by atoms with Gasteiger partial charge in [-0.2, -0.15) is 5.10 Å². The summed E-state index contributed by atoms with van der Waals surface area (Å²) >= 11 is 0. The molecule has 0 aromatic carbocycles. The van der Waals surface area contributed by atoms with E-state index in [1.165, 1.54) is 6.20 Å². The molecule has 0 radical (unpaired) electrons. The fraction of sp³-hybridized carbons (Fsp3) is 0.364. The van der Waals surface area contributed by atoms with Crippen molar-refractivity contribution < 1.29 is 4.79 Å². The van der Waals surface area contributed by atoms with Gasteiger partial charge < -0.3 is 0 Å². The van der Waals surface area contributed by atoms with Crippen LogP contribution in [0.2, 0.25) is 0 Å². The van der Waals surface area contributed by atoms with E-state index in [2.05, 4.69) is 22.4 Å². The molecule has 1 amide bonds. The third kappa shape index (κ3) is 3.89. The molecular formula is C11H15N3O. The van der Waals surface area contributed by atoms with E-state index >= 15 is 0 Å². The molecule has 0 unspecified atom stereocenters. The number of nitrogens with one attached hydrogen (secondary N) is 1. The molecule has 0 saturated heterocycles. The Balaban J connectivity index is 2.54. The van der Waals surface area contributed by atoms with Gasteiger partial charge in [-0.15, -0.1) is 0 Å². The standard InChI is InChI=1S/C11H15N3O/c1-3-5-9(2)13-14-11(15)10-6-4-7-12-8-10/h4,6-8H,3,5H2,1-2H3,(H,14,15)/b13-9-. The summed E-state index contributed by atoms with van der Waals surface area (Å²) in [5.74, 6) is -0.224.